The van der Waals surface area contributed by atoms with Crippen LogP contribution in [-0.2, 0) is 0 Å². The predicted octanol–water partition coefficient (Wildman–Crippen LogP) is 21.1. The van der Waals surface area contributed by atoms with E-state index < -0.39 is 0 Å². The Bertz CT molecular complexity index is 4730. The molecule has 0 unspecified atom stereocenters. The molecular weight excluding hydrogens is 993 g/mol. The Morgan fingerprint density at radius 1 is 0.171 bits per heavy atom. The van der Waals surface area contributed by atoms with Crippen molar-refractivity contribution in [3.05, 3.63) is 315 Å². The van der Waals surface area contributed by atoms with E-state index in [9.17, 15) is 0 Å². The second-order valence-corrected chi connectivity index (χ2v) is 21.3. The summed E-state index contributed by atoms with van der Waals surface area (Å²) in [7, 11) is 0. The molecule has 0 spiro atoms. The van der Waals surface area contributed by atoms with Gasteiger partial charge in [0.25, 0.3) is 0 Å². The van der Waals surface area contributed by atoms with Gasteiger partial charge < -0.3 is 18.6 Å². The molecule has 0 atom stereocenters. The highest BCUT2D eigenvalue weighted by atomic mass is 15.1. The quantitative estimate of drug-likeness (QED) is 0.133. The number of nitrogens with zero attached hydrogens (tertiary/aromatic N) is 4. The third-order valence-electron chi connectivity index (χ3n) is 16.7. The molecule has 0 saturated carbocycles. The van der Waals surface area contributed by atoms with Crippen LogP contribution in [0, 0.1) is 0 Å². The van der Waals surface area contributed by atoms with Crippen LogP contribution < -0.4 is 4.90 Å². The Balaban J connectivity index is 0.715. The maximum Gasteiger partial charge on any atom is 0.0541 e. The molecule has 82 heavy (non-hydrogen) atoms. The first-order valence-corrected chi connectivity index (χ1v) is 28.1. The fraction of sp³-hybridized carbons (Fsp3) is 0. The minimum Gasteiger partial charge on any atom is -0.311 e. The van der Waals surface area contributed by atoms with Gasteiger partial charge in [-0.05, 0) is 166 Å². The zero-order valence-electron chi connectivity index (χ0n) is 44.8. The van der Waals surface area contributed by atoms with Crippen LogP contribution in [0.25, 0.3) is 127 Å². The molecule has 16 aromatic rings. The van der Waals surface area contributed by atoms with E-state index in [0.29, 0.717) is 0 Å². The Morgan fingerprint density at radius 3 is 0.744 bits per heavy atom. The SMILES string of the molecule is c1ccc(-n2c3ccccc3c3cc(-c4ccc(-c5ccc(N(c6ccc(-c7ccc(-c8ccc9c(c8)c8ccccc8n9-c8ccccc8)cc7)cc6)c6ccc(-n7c8ccccc8c8ccccc87)cc6)cc5)cc4)ccc32)cc1. The smallest absolute Gasteiger partial charge is 0.0541 e. The van der Waals surface area contributed by atoms with E-state index >= 15 is 0 Å². The second kappa shape index (κ2) is 19.5. The molecule has 0 N–H and O–H groups in total. The Hall–Kier alpha value is -10.9. The van der Waals surface area contributed by atoms with Crippen molar-refractivity contribution < 1.29 is 0 Å². The predicted molar refractivity (Wildman–Crippen MR) is 346 cm³/mol. The van der Waals surface area contributed by atoms with Crippen molar-refractivity contribution in [2.24, 2.45) is 0 Å². The highest BCUT2D eigenvalue weighted by molar-refractivity contribution is 6.12. The monoisotopic (exact) mass is 1040 g/mol. The number of hydrogen-bond donors (Lipinski definition) is 0. The number of rotatable bonds is 10. The fourth-order valence-corrected chi connectivity index (χ4v) is 12.7. The van der Waals surface area contributed by atoms with Gasteiger partial charge in [-0.15, -0.1) is 0 Å². The number of para-hydroxylation sites is 6. The highest BCUT2D eigenvalue weighted by Crippen LogP contribution is 2.41. The van der Waals surface area contributed by atoms with Gasteiger partial charge in [0.15, 0.2) is 0 Å². The molecule has 3 aromatic heterocycles. The van der Waals surface area contributed by atoms with E-state index in [-0.39, 0.29) is 0 Å². The van der Waals surface area contributed by atoms with Crippen molar-refractivity contribution in [1.29, 1.82) is 0 Å². The van der Waals surface area contributed by atoms with Gasteiger partial charge in [0.1, 0.15) is 0 Å². The van der Waals surface area contributed by atoms with Crippen LogP contribution in [0.2, 0.25) is 0 Å². The van der Waals surface area contributed by atoms with Crippen LogP contribution in [0.1, 0.15) is 0 Å². The molecule has 3 heterocycles. The normalized spacial score (nSPS) is 11.7. The van der Waals surface area contributed by atoms with Gasteiger partial charge in [-0.3, -0.25) is 0 Å². The van der Waals surface area contributed by atoms with Gasteiger partial charge in [0.2, 0.25) is 0 Å². The lowest BCUT2D eigenvalue weighted by Crippen LogP contribution is -2.10. The minimum atomic E-state index is 1.08. The van der Waals surface area contributed by atoms with Crippen LogP contribution in [0.5, 0.6) is 0 Å². The van der Waals surface area contributed by atoms with Crippen molar-refractivity contribution in [3.8, 4) is 61.6 Å². The summed E-state index contributed by atoms with van der Waals surface area (Å²) >= 11 is 0. The molecule has 4 nitrogen and oxygen atoms in total. The lowest BCUT2D eigenvalue weighted by molar-refractivity contribution is 1.17. The van der Waals surface area contributed by atoms with E-state index in [1.807, 2.05) is 0 Å². The van der Waals surface area contributed by atoms with E-state index in [4.69, 9.17) is 0 Å². The lowest BCUT2D eigenvalue weighted by atomic mass is 9.98. The summed E-state index contributed by atoms with van der Waals surface area (Å²) in [4.78, 5) is 2.37. The van der Waals surface area contributed by atoms with Gasteiger partial charge in [-0.1, -0.05) is 194 Å². The fourth-order valence-electron chi connectivity index (χ4n) is 12.7. The van der Waals surface area contributed by atoms with Crippen LogP contribution in [0.15, 0.2) is 315 Å². The topological polar surface area (TPSA) is 18.0 Å². The number of fused-ring (bicyclic) bond motifs is 9. The zero-order chi connectivity index (χ0) is 54.1. The van der Waals surface area contributed by atoms with Crippen molar-refractivity contribution in [1.82, 2.24) is 13.7 Å². The third-order valence-corrected chi connectivity index (χ3v) is 16.7. The molecule has 13 aromatic carbocycles. The molecule has 0 amide bonds. The van der Waals surface area contributed by atoms with Crippen LogP contribution >= 0.6 is 0 Å². The molecule has 0 aliphatic carbocycles. The molecule has 0 saturated heterocycles. The van der Waals surface area contributed by atoms with Crippen molar-refractivity contribution in [2.45, 2.75) is 0 Å². The van der Waals surface area contributed by atoms with Crippen molar-refractivity contribution >= 4 is 82.5 Å². The molecule has 16 rings (SSSR count). The molecule has 0 fully saturated rings. The van der Waals surface area contributed by atoms with Crippen molar-refractivity contribution in [2.75, 3.05) is 4.90 Å². The molecule has 384 valence electrons. The summed E-state index contributed by atoms with van der Waals surface area (Å²) in [5, 5.41) is 7.52. The second-order valence-electron chi connectivity index (χ2n) is 21.3. The zero-order valence-corrected chi connectivity index (χ0v) is 44.8. The maximum absolute atomic E-state index is 2.38. The molecule has 0 radical (unpaired) electrons. The van der Waals surface area contributed by atoms with Crippen molar-refractivity contribution in [3.63, 3.8) is 0 Å². The molecule has 0 aliphatic rings. The summed E-state index contributed by atoms with van der Waals surface area (Å²) in [6.45, 7) is 0. The number of anilines is 3. The summed E-state index contributed by atoms with van der Waals surface area (Å²) in [6, 6.07) is 115. The lowest BCUT2D eigenvalue weighted by Gasteiger charge is -2.26. The highest BCUT2D eigenvalue weighted by Gasteiger charge is 2.19. The minimum absolute atomic E-state index is 1.08. The Morgan fingerprint density at radius 2 is 0.402 bits per heavy atom. The molecular formula is C78H52N4. The Labute approximate surface area is 475 Å². The van der Waals surface area contributed by atoms with Gasteiger partial charge in [0, 0.05) is 66.4 Å². The van der Waals surface area contributed by atoms with Gasteiger partial charge in [-0.25, -0.2) is 0 Å². The summed E-state index contributed by atoms with van der Waals surface area (Å²) < 4.78 is 7.12. The third kappa shape index (κ3) is 7.91. The summed E-state index contributed by atoms with van der Waals surface area (Å²) in [5.74, 6) is 0. The number of aromatic nitrogens is 3. The average molecular weight is 1050 g/mol. The number of benzene rings is 13. The van der Waals surface area contributed by atoms with Gasteiger partial charge >= 0.3 is 0 Å². The van der Waals surface area contributed by atoms with Gasteiger partial charge in [-0.2, -0.15) is 0 Å². The number of hydrogen-bond acceptors (Lipinski definition) is 1. The molecule has 0 aliphatic heterocycles. The van der Waals surface area contributed by atoms with Crippen LogP contribution in [0.3, 0.4) is 0 Å². The van der Waals surface area contributed by atoms with E-state index in [1.54, 1.807) is 0 Å². The average Bonchev–Trinajstić information content (AvgIpc) is 4.36. The van der Waals surface area contributed by atoms with E-state index in [2.05, 4.69) is 334 Å². The first-order chi connectivity index (χ1) is 40.7. The van der Waals surface area contributed by atoms with Gasteiger partial charge in [0.05, 0.1) is 33.1 Å². The first-order valence-electron chi connectivity index (χ1n) is 28.1. The molecule has 4 heteroatoms. The van der Waals surface area contributed by atoms with Crippen LogP contribution in [-0.4, -0.2) is 13.7 Å². The summed E-state index contributed by atoms with van der Waals surface area (Å²) in [5.41, 5.74) is 23.4. The van der Waals surface area contributed by atoms with E-state index in [0.717, 1.165) is 33.9 Å². The Kier molecular flexibility index (Phi) is 11.2. The largest absolute Gasteiger partial charge is 0.311 e. The maximum atomic E-state index is 2.38. The van der Waals surface area contributed by atoms with E-state index in [1.165, 1.54) is 110 Å². The standard InChI is InChI=1S/C78H52N4/c1-3-15-61(16-4-1)80-75-25-13-9-21-69(75)71-51-59(39-49-77(71)80)57-31-27-53(28-32-57)55-35-41-63(42-36-55)79(65-45-47-66(48-46-65)82-73-23-11-7-19-67(73)68-20-8-12-24-74(68)82)64-43-37-56(38-44-64)54-29-33-58(34-30-54)60-40-50-78-72(52-60)70-22-10-14-26-76(70)81(78)62-17-5-2-6-18-62/h1-52H. The molecule has 0 bridgehead atoms. The first kappa shape index (κ1) is 47.1. The van der Waals surface area contributed by atoms with Crippen LogP contribution in [0.4, 0.5) is 17.1 Å². The summed E-state index contributed by atoms with van der Waals surface area (Å²) in [6.07, 6.45) is 0.